The van der Waals surface area contributed by atoms with Crippen molar-refractivity contribution in [1.82, 2.24) is 4.90 Å². The van der Waals surface area contributed by atoms with Crippen molar-refractivity contribution in [2.45, 2.75) is 18.6 Å². The smallest absolute Gasteiger partial charge is 0.238 e. The van der Waals surface area contributed by atoms with Crippen LogP contribution < -0.4 is 5.32 Å². The summed E-state index contributed by atoms with van der Waals surface area (Å²) in [4.78, 5) is 31.2. The molecule has 0 radical (unpaired) electrons. The van der Waals surface area contributed by atoms with Gasteiger partial charge in [0, 0.05) is 23.7 Å². The number of carbonyl (C=O) groups is 2. The molecule has 0 aliphatic carbocycles. The number of benzene rings is 2. The van der Waals surface area contributed by atoms with Crippen LogP contribution in [0, 0.1) is 0 Å². The van der Waals surface area contributed by atoms with Gasteiger partial charge < -0.3 is 5.32 Å². The van der Waals surface area contributed by atoms with Crippen molar-refractivity contribution in [1.29, 1.82) is 0 Å². The monoisotopic (exact) mass is 387 g/mol. The van der Waals surface area contributed by atoms with Crippen molar-refractivity contribution in [3.8, 4) is 0 Å². The number of rotatable bonds is 4. The summed E-state index contributed by atoms with van der Waals surface area (Å²) in [5, 5.41) is 3.41. The Bertz CT molecular complexity index is 842. The van der Waals surface area contributed by atoms with Crippen LogP contribution in [0.1, 0.15) is 13.3 Å². The van der Waals surface area contributed by atoms with Crippen LogP contribution in [-0.2, 0) is 9.59 Å². The van der Waals surface area contributed by atoms with Crippen LogP contribution in [0.25, 0.3) is 0 Å². The number of amidine groups is 1. The van der Waals surface area contributed by atoms with Crippen molar-refractivity contribution in [3.05, 3.63) is 59.6 Å². The molecule has 0 unspecified atom stereocenters. The van der Waals surface area contributed by atoms with Crippen molar-refractivity contribution in [2.75, 3.05) is 11.9 Å². The zero-order chi connectivity index (χ0) is 18.5. The molecule has 1 heterocycles. The quantitative estimate of drug-likeness (QED) is 0.849. The lowest BCUT2D eigenvalue weighted by atomic mass is 10.2. The fourth-order valence-electron chi connectivity index (χ4n) is 2.55. The SMILES string of the molecule is CCN1C(=O)C[C@H](C(=O)Nc2ccccc2)SC1=Nc1cccc(Cl)c1. The molecule has 1 saturated heterocycles. The van der Waals surface area contributed by atoms with Crippen molar-refractivity contribution >= 4 is 51.7 Å². The first kappa shape index (κ1) is 18.5. The number of halogens is 1. The minimum Gasteiger partial charge on any atom is -0.325 e. The van der Waals surface area contributed by atoms with Crippen molar-refractivity contribution in [3.63, 3.8) is 0 Å². The van der Waals surface area contributed by atoms with Crippen molar-refractivity contribution < 1.29 is 9.59 Å². The second kappa shape index (κ2) is 8.38. The van der Waals surface area contributed by atoms with E-state index in [1.54, 1.807) is 23.1 Å². The van der Waals surface area contributed by atoms with Crippen LogP contribution in [0.2, 0.25) is 5.02 Å². The zero-order valence-electron chi connectivity index (χ0n) is 14.2. The van der Waals surface area contributed by atoms with Gasteiger partial charge in [0.05, 0.1) is 5.69 Å². The summed E-state index contributed by atoms with van der Waals surface area (Å²) < 4.78 is 0. The lowest BCUT2D eigenvalue weighted by molar-refractivity contribution is -0.129. The topological polar surface area (TPSA) is 61.8 Å². The van der Waals surface area contributed by atoms with E-state index in [9.17, 15) is 9.59 Å². The number of para-hydroxylation sites is 1. The second-order valence-electron chi connectivity index (χ2n) is 5.68. The van der Waals surface area contributed by atoms with E-state index in [2.05, 4.69) is 10.3 Å². The Morgan fingerprint density at radius 2 is 2.04 bits per heavy atom. The Balaban J connectivity index is 1.81. The Morgan fingerprint density at radius 3 is 2.73 bits per heavy atom. The standard InChI is InChI=1S/C19H18ClN3O2S/c1-2-23-17(24)12-16(18(25)21-14-8-4-3-5-9-14)26-19(23)22-15-10-6-7-13(20)11-15/h3-11,16H,2,12H2,1H3,(H,21,25)/t16-/m1/s1. The molecule has 1 fully saturated rings. The number of carbonyl (C=O) groups excluding carboxylic acids is 2. The maximum atomic E-state index is 12.6. The second-order valence-corrected chi connectivity index (χ2v) is 7.28. The molecule has 0 spiro atoms. The maximum absolute atomic E-state index is 12.6. The maximum Gasteiger partial charge on any atom is 0.238 e. The number of nitrogens with one attached hydrogen (secondary N) is 1. The molecule has 7 heteroatoms. The Labute approximate surface area is 161 Å². The van der Waals surface area contributed by atoms with E-state index < -0.39 is 5.25 Å². The number of aliphatic imine (C=N–C) groups is 1. The highest BCUT2D eigenvalue weighted by Crippen LogP contribution is 2.30. The van der Waals surface area contributed by atoms with Gasteiger partial charge in [-0.1, -0.05) is 47.6 Å². The molecule has 1 N–H and O–H groups in total. The van der Waals surface area contributed by atoms with E-state index in [0.29, 0.717) is 28.1 Å². The summed E-state index contributed by atoms with van der Waals surface area (Å²) in [5.74, 6) is -0.315. The summed E-state index contributed by atoms with van der Waals surface area (Å²) in [6.45, 7) is 2.38. The molecular weight excluding hydrogens is 370 g/mol. The van der Waals surface area contributed by atoms with Crippen LogP contribution in [0.5, 0.6) is 0 Å². The molecule has 3 rings (SSSR count). The molecular formula is C19H18ClN3O2S. The van der Waals surface area contributed by atoms with Gasteiger partial charge in [-0.3, -0.25) is 14.5 Å². The molecule has 0 bridgehead atoms. The van der Waals surface area contributed by atoms with E-state index in [-0.39, 0.29) is 18.2 Å². The number of amides is 2. The number of anilines is 1. The van der Waals surface area contributed by atoms with Crippen LogP contribution in [-0.4, -0.2) is 33.7 Å². The van der Waals surface area contributed by atoms with Crippen LogP contribution in [0.4, 0.5) is 11.4 Å². The van der Waals surface area contributed by atoms with Crippen molar-refractivity contribution in [2.24, 2.45) is 4.99 Å². The summed E-state index contributed by atoms with van der Waals surface area (Å²) in [7, 11) is 0. The van der Waals surface area contributed by atoms with E-state index in [1.165, 1.54) is 11.8 Å². The minimum absolute atomic E-state index is 0.111. The van der Waals surface area contributed by atoms with Gasteiger partial charge in [0.15, 0.2) is 5.17 Å². The van der Waals surface area contributed by atoms with Crippen LogP contribution in [0.15, 0.2) is 59.6 Å². The summed E-state index contributed by atoms with van der Waals surface area (Å²) in [6, 6.07) is 16.3. The minimum atomic E-state index is -0.525. The first-order chi connectivity index (χ1) is 12.6. The van der Waals surface area contributed by atoms with E-state index in [0.717, 1.165) is 0 Å². The lowest BCUT2D eigenvalue weighted by Gasteiger charge is -2.30. The summed E-state index contributed by atoms with van der Waals surface area (Å²) in [6.07, 6.45) is 0.145. The average molecular weight is 388 g/mol. The lowest BCUT2D eigenvalue weighted by Crippen LogP contribution is -2.45. The molecule has 1 aliphatic rings. The Hall–Kier alpha value is -2.31. The predicted molar refractivity (Wildman–Crippen MR) is 107 cm³/mol. The fourth-order valence-corrected chi connectivity index (χ4v) is 3.90. The number of hydrogen-bond donors (Lipinski definition) is 1. The average Bonchev–Trinajstić information content (AvgIpc) is 2.62. The number of hydrogen-bond acceptors (Lipinski definition) is 4. The molecule has 0 aromatic heterocycles. The van der Waals surface area contributed by atoms with Gasteiger partial charge in [-0.05, 0) is 37.3 Å². The van der Waals surface area contributed by atoms with Gasteiger partial charge in [0.25, 0.3) is 0 Å². The van der Waals surface area contributed by atoms with Gasteiger partial charge in [0.2, 0.25) is 11.8 Å². The highest BCUT2D eigenvalue weighted by Gasteiger charge is 2.35. The van der Waals surface area contributed by atoms with E-state index >= 15 is 0 Å². The summed E-state index contributed by atoms with van der Waals surface area (Å²) in [5.41, 5.74) is 1.35. The molecule has 134 valence electrons. The zero-order valence-corrected chi connectivity index (χ0v) is 15.8. The molecule has 1 aliphatic heterocycles. The third-order valence-electron chi connectivity index (χ3n) is 3.82. The van der Waals surface area contributed by atoms with Crippen LogP contribution in [0.3, 0.4) is 0 Å². The largest absolute Gasteiger partial charge is 0.325 e. The summed E-state index contributed by atoms with van der Waals surface area (Å²) >= 11 is 7.31. The molecule has 2 amide bonds. The van der Waals surface area contributed by atoms with Gasteiger partial charge in [-0.2, -0.15) is 0 Å². The molecule has 5 nitrogen and oxygen atoms in total. The normalized spacial score (nSPS) is 18.8. The number of thioether (sulfide) groups is 1. The Kier molecular flexibility index (Phi) is 5.96. The predicted octanol–water partition coefficient (Wildman–Crippen LogP) is 4.32. The van der Waals surface area contributed by atoms with E-state index in [1.807, 2.05) is 43.3 Å². The molecule has 0 saturated carbocycles. The molecule has 26 heavy (non-hydrogen) atoms. The Morgan fingerprint density at radius 1 is 1.27 bits per heavy atom. The van der Waals surface area contributed by atoms with Gasteiger partial charge in [-0.25, -0.2) is 4.99 Å². The molecule has 2 aromatic rings. The fraction of sp³-hybridized carbons (Fsp3) is 0.211. The van der Waals surface area contributed by atoms with E-state index in [4.69, 9.17) is 11.6 Å². The molecule has 1 atom stereocenters. The molecule has 2 aromatic carbocycles. The van der Waals surface area contributed by atoms with Gasteiger partial charge in [-0.15, -0.1) is 0 Å². The third kappa shape index (κ3) is 4.45. The van der Waals surface area contributed by atoms with Gasteiger partial charge in [0.1, 0.15) is 5.25 Å². The third-order valence-corrected chi connectivity index (χ3v) is 5.25. The first-order valence-corrected chi connectivity index (χ1v) is 9.49. The van der Waals surface area contributed by atoms with Gasteiger partial charge >= 0.3 is 0 Å². The van der Waals surface area contributed by atoms with Crippen LogP contribution >= 0.6 is 23.4 Å². The highest BCUT2D eigenvalue weighted by atomic mass is 35.5. The number of nitrogens with zero attached hydrogens (tertiary/aromatic N) is 2. The first-order valence-electron chi connectivity index (χ1n) is 8.24. The highest BCUT2D eigenvalue weighted by molar-refractivity contribution is 8.15.